The number of aromatic nitrogens is 2. The smallest absolute Gasteiger partial charge is 0.288 e. The number of H-pyrrole nitrogens is 1. The molecule has 27 heavy (non-hydrogen) atoms. The van der Waals surface area contributed by atoms with Crippen LogP contribution in [0.25, 0.3) is 22.0 Å². The minimum absolute atomic E-state index is 0.300. The Hall–Kier alpha value is -3.25. The molecule has 0 unspecified atom stereocenters. The van der Waals surface area contributed by atoms with Crippen LogP contribution in [0.2, 0.25) is 0 Å². The van der Waals surface area contributed by atoms with Crippen LogP contribution in [-0.2, 0) is 0 Å². The number of amides is 1. The Morgan fingerprint density at radius 2 is 1.78 bits per heavy atom. The molecule has 2 aromatic heterocycles. The van der Waals surface area contributed by atoms with Gasteiger partial charge in [0.15, 0.2) is 0 Å². The molecule has 2 aromatic carbocycles. The molecule has 2 heterocycles. The van der Waals surface area contributed by atoms with Crippen LogP contribution >= 0.6 is 15.9 Å². The lowest BCUT2D eigenvalue weighted by Gasteiger charge is -2.04. The molecule has 4 rings (SSSR count). The number of carbonyl (C=O) groups excluding carboxylic acids is 1. The van der Waals surface area contributed by atoms with Crippen molar-refractivity contribution in [3.8, 4) is 11.1 Å². The summed E-state index contributed by atoms with van der Waals surface area (Å²) in [5, 5.41) is 5.06. The maximum absolute atomic E-state index is 12.8. The molecule has 0 spiro atoms. The summed E-state index contributed by atoms with van der Waals surface area (Å²) in [4.78, 5) is 20.0. The molecule has 0 bridgehead atoms. The first-order valence-electron chi connectivity index (χ1n) is 8.32. The zero-order valence-corrected chi connectivity index (χ0v) is 15.8. The van der Waals surface area contributed by atoms with Crippen molar-refractivity contribution in [2.24, 2.45) is 5.10 Å². The van der Waals surface area contributed by atoms with Gasteiger partial charge in [-0.1, -0.05) is 46.3 Å². The van der Waals surface area contributed by atoms with Gasteiger partial charge in [-0.2, -0.15) is 5.10 Å². The van der Waals surface area contributed by atoms with Crippen molar-refractivity contribution in [3.63, 3.8) is 0 Å². The van der Waals surface area contributed by atoms with Crippen LogP contribution in [0.15, 0.2) is 82.6 Å². The zero-order valence-electron chi connectivity index (χ0n) is 14.2. The summed E-state index contributed by atoms with van der Waals surface area (Å²) >= 11 is 3.39. The molecule has 6 heteroatoms. The van der Waals surface area contributed by atoms with Gasteiger partial charge in [0, 0.05) is 33.3 Å². The average molecular weight is 419 g/mol. The van der Waals surface area contributed by atoms with Gasteiger partial charge in [-0.25, -0.2) is 5.43 Å². The normalized spacial score (nSPS) is 11.1. The van der Waals surface area contributed by atoms with E-state index >= 15 is 0 Å². The van der Waals surface area contributed by atoms with E-state index in [0.29, 0.717) is 5.69 Å². The minimum Gasteiger partial charge on any atom is -0.350 e. The number of benzene rings is 2. The second kappa shape index (κ2) is 7.55. The Balaban J connectivity index is 1.66. The summed E-state index contributed by atoms with van der Waals surface area (Å²) in [5.74, 6) is -0.300. The van der Waals surface area contributed by atoms with Gasteiger partial charge in [-0.3, -0.25) is 9.78 Å². The molecular weight excluding hydrogens is 404 g/mol. The molecule has 132 valence electrons. The number of carbonyl (C=O) groups is 1. The Bertz CT molecular complexity index is 1120. The monoisotopic (exact) mass is 418 g/mol. The Kier molecular flexibility index (Phi) is 4.80. The van der Waals surface area contributed by atoms with Crippen molar-refractivity contribution in [1.82, 2.24) is 15.4 Å². The fourth-order valence-corrected chi connectivity index (χ4v) is 3.17. The van der Waals surface area contributed by atoms with E-state index in [2.05, 4.69) is 36.4 Å². The molecule has 0 aliphatic rings. The summed E-state index contributed by atoms with van der Waals surface area (Å²) in [6, 6.07) is 19.2. The van der Waals surface area contributed by atoms with Crippen molar-refractivity contribution in [3.05, 3.63) is 88.8 Å². The number of hydrogen-bond donors (Lipinski definition) is 2. The van der Waals surface area contributed by atoms with E-state index in [0.717, 1.165) is 32.1 Å². The van der Waals surface area contributed by atoms with Gasteiger partial charge in [0.25, 0.3) is 5.91 Å². The van der Waals surface area contributed by atoms with Crippen LogP contribution in [0.3, 0.4) is 0 Å². The Morgan fingerprint density at radius 3 is 2.56 bits per heavy atom. The lowest BCUT2D eigenvalue weighted by Crippen LogP contribution is -2.18. The van der Waals surface area contributed by atoms with Crippen LogP contribution in [0, 0.1) is 0 Å². The number of hydrazone groups is 1. The lowest BCUT2D eigenvalue weighted by atomic mass is 10.0. The van der Waals surface area contributed by atoms with E-state index in [1.165, 1.54) is 0 Å². The average Bonchev–Trinajstić information content (AvgIpc) is 3.10. The third kappa shape index (κ3) is 3.66. The highest BCUT2D eigenvalue weighted by Gasteiger charge is 2.18. The van der Waals surface area contributed by atoms with Crippen LogP contribution in [0.1, 0.15) is 16.1 Å². The molecule has 5 nitrogen and oxygen atoms in total. The molecule has 1 amide bonds. The first kappa shape index (κ1) is 17.2. The van der Waals surface area contributed by atoms with Crippen molar-refractivity contribution in [2.75, 3.05) is 0 Å². The number of nitrogens with one attached hydrogen (secondary N) is 2. The fourth-order valence-electron chi connectivity index (χ4n) is 2.90. The summed E-state index contributed by atoms with van der Waals surface area (Å²) in [7, 11) is 0. The van der Waals surface area contributed by atoms with Gasteiger partial charge in [-0.05, 0) is 41.5 Å². The van der Waals surface area contributed by atoms with Crippen LogP contribution < -0.4 is 5.43 Å². The highest BCUT2D eigenvalue weighted by molar-refractivity contribution is 9.10. The second-order valence-corrected chi connectivity index (χ2v) is 6.82. The van der Waals surface area contributed by atoms with Gasteiger partial charge in [0.1, 0.15) is 5.69 Å². The minimum atomic E-state index is -0.300. The number of halogens is 1. The van der Waals surface area contributed by atoms with Gasteiger partial charge < -0.3 is 4.98 Å². The fraction of sp³-hybridized carbons (Fsp3) is 0. The molecule has 0 atom stereocenters. The molecular formula is C21H15BrN4O. The van der Waals surface area contributed by atoms with Crippen molar-refractivity contribution >= 4 is 39.0 Å². The van der Waals surface area contributed by atoms with E-state index in [1.807, 2.05) is 60.7 Å². The standard InChI is InChI=1S/C21H15BrN4O/c22-16-7-5-14(6-8-16)13-24-26-21(27)20-19(15-9-11-23-12-10-15)17-3-1-2-4-18(17)25-20/h1-13,25H,(H,26,27). The third-order valence-electron chi connectivity index (χ3n) is 4.15. The number of rotatable bonds is 4. The lowest BCUT2D eigenvalue weighted by molar-refractivity contribution is 0.0951. The highest BCUT2D eigenvalue weighted by atomic mass is 79.9. The highest BCUT2D eigenvalue weighted by Crippen LogP contribution is 2.32. The second-order valence-electron chi connectivity index (χ2n) is 5.91. The third-order valence-corrected chi connectivity index (χ3v) is 4.68. The predicted octanol–water partition coefficient (Wildman–Crippen LogP) is 4.76. The molecule has 0 aliphatic heterocycles. The van der Waals surface area contributed by atoms with Crippen molar-refractivity contribution in [2.45, 2.75) is 0 Å². The molecule has 0 saturated carbocycles. The SMILES string of the molecule is O=C(NN=Cc1ccc(Br)cc1)c1[nH]c2ccccc2c1-c1ccncc1. The van der Waals surface area contributed by atoms with E-state index < -0.39 is 0 Å². The van der Waals surface area contributed by atoms with E-state index in [-0.39, 0.29) is 5.91 Å². The molecule has 0 aliphatic carbocycles. The largest absolute Gasteiger partial charge is 0.350 e. The molecule has 0 radical (unpaired) electrons. The van der Waals surface area contributed by atoms with Gasteiger partial charge >= 0.3 is 0 Å². The number of hydrogen-bond acceptors (Lipinski definition) is 3. The van der Waals surface area contributed by atoms with Crippen molar-refractivity contribution in [1.29, 1.82) is 0 Å². The van der Waals surface area contributed by atoms with Crippen LogP contribution in [-0.4, -0.2) is 22.1 Å². The zero-order chi connectivity index (χ0) is 18.6. The topological polar surface area (TPSA) is 70.1 Å². The number of nitrogens with zero attached hydrogens (tertiary/aromatic N) is 2. The van der Waals surface area contributed by atoms with E-state index in [4.69, 9.17) is 0 Å². The summed E-state index contributed by atoms with van der Waals surface area (Å²) in [6.45, 7) is 0. The molecule has 0 saturated heterocycles. The van der Waals surface area contributed by atoms with Gasteiger partial charge in [-0.15, -0.1) is 0 Å². The first-order valence-corrected chi connectivity index (χ1v) is 9.12. The van der Waals surface area contributed by atoms with Gasteiger partial charge in [0.05, 0.1) is 6.21 Å². The summed E-state index contributed by atoms with van der Waals surface area (Å²) in [5.41, 5.74) is 6.62. The maximum atomic E-state index is 12.8. The molecule has 0 fully saturated rings. The van der Waals surface area contributed by atoms with Crippen LogP contribution in [0.4, 0.5) is 0 Å². The van der Waals surface area contributed by atoms with E-state index in [1.54, 1.807) is 18.6 Å². The Morgan fingerprint density at radius 1 is 1.04 bits per heavy atom. The number of para-hydroxylation sites is 1. The first-order chi connectivity index (χ1) is 13.2. The van der Waals surface area contributed by atoms with Gasteiger partial charge in [0.2, 0.25) is 0 Å². The number of aromatic amines is 1. The molecule has 4 aromatic rings. The number of pyridine rings is 1. The summed E-state index contributed by atoms with van der Waals surface area (Å²) in [6.07, 6.45) is 5.04. The molecule has 2 N–H and O–H groups in total. The quantitative estimate of drug-likeness (QED) is 0.370. The maximum Gasteiger partial charge on any atom is 0.288 e. The van der Waals surface area contributed by atoms with E-state index in [9.17, 15) is 4.79 Å². The predicted molar refractivity (Wildman–Crippen MR) is 111 cm³/mol. The number of fused-ring (bicyclic) bond motifs is 1. The van der Waals surface area contributed by atoms with Crippen molar-refractivity contribution < 1.29 is 4.79 Å². The Labute approximate surface area is 164 Å². The van der Waals surface area contributed by atoms with Crippen LogP contribution in [0.5, 0.6) is 0 Å². The summed E-state index contributed by atoms with van der Waals surface area (Å²) < 4.78 is 0.990.